The van der Waals surface area contributed by atoms with Crippen molar-refractivity contribution >= 4 is 5.97 Å². The van der Waals surface area contributed by atoms with Gasteiger partial charge in [-0.2, -0.15) is 4.98 Å². The second kappa shape index (κ2) is 3.77. The third kappa shape index (κ3) is 1.93. The van der Waals surface area contributed by atoms with Crippen molar-refractivity contribution in [1.29, 1.82) is 0 Å². The molecule has 0 saturated carbocycles. The lowest BCUT2D eigenvalue weighted by Crippen LogP contribution is -1.98. The first-order valence-corrected chi connectivity index (χ1v) is 4.72. The predicted octanol–water partition coefficient (Wildman–Crippen LogP) is 2.05. The van der Waals surface area contributed by atoms with Crippen molar-refractivity contribution in [2.45, 2.75) is 13.8 Å². The fourth-order valence-corrected chi connectivity index (χ4v) is 1.53. The Morgan fingerprint density at radius 1 is 1.25 bits per heavy atom. The number of aromatic nitrogens is 2. The minimum atomic E-state index is -1.20. The summed E-state index contributed by atoms with van der Waals surface area (Å²) in [4.78, 5) is 14.4. The molecule has 1 aromatic heterocycles. The van der Waals surface area contributed by atoms with Gasteiger partial charge in [0.15, 0.2) is 0 Å². The summed E-state index contributed by atoms with van der Waals surface area (Å²) in [6.45, 7) is 3.90. The van der Waals surface area contributed by atoms with E-state index in [-0.39, 0.29) is 11.7 Å². The number of carboxylic acids is 1. The second-order valence-corrected chi connectivity index (χ2v) is 3.60. The van der Waals surface area contributed by atoms with E-state index >= 15 is 0 Å². The lowest BCUT2D eigenvalue weighted by atomic mass is 10.1. The molecule has 0 bridgehead atoms. The van der Waals surface area contributed by atoms with E-state index in [1.54, 1.807) is 0 Å². The van der Waals surface area contributed by atoms with E-state index in [4.69, 9.17) is 9.63 Å². The summed E-state index contributed by atoms with van der Waals surface area (Å²) in [6.07, 6.45) is 0. The average molecular weight is 218 g/mol. The summed E-state index contributed by atoms with van der Waals surface area (Å²) < 4.78 is 4.88. The molecule has 5 heteroatoms. The molecule has 0 aliphatic rings. The van der Waals surface area contributed by atoms with Crippen LogP contribution in [0.2, 0.25) is 0 Å². The number of carbonyl (C=O) groups is 1. The summed E-state index contributed by atoms with van der Waals surface area (Å²) in [5, 5.41) is 12.0. The van der Waals surface area contributed by atoms with Crippen LogP contribution in [0.1, 0.15) is 21.7 Å². The van der Waals surface area contributed by atoms with Crippen LogP contribution in [0.25, 0.3) is 11.5 Å². The van der Waals surface area contributed by atoms with Gasteiger partial charge in [-0.05, 0) is 31.1 Å². The quantitative estimate of drug-likeness (QED) is 0.834. The van der Waals surface area contributed by atoms with E-state index in [9.17, 15) is 4.79 Å². The highest BCUT2D eigenvalue weighted by Gasteiger charge is 2.14. The summed E-state index contributed by atoms with van der Waals surface area (Å²) in [7, 11) is 0. The Hall–Kier alpha value is -2.17. The number of aryl methyl sites for hydroxylation is 2. The van der Waals surface area contributed by atoms with Crippen molar-refractivity contribution in [3.63, 3.8) is 0 Å². The Balaban J connectivity index is 2.46. The monoisotopic (exact) mass is 218 g/mol. The number of rotatable bonds is 2. The van der Waals surface area contributed by atoms with Crippen molar-refractivity contribution in [3.8, 4) is 11.5 Å². The van der Waals surface area contributed by atoms with Crippen LogP contribution < -0.4 is 0 Å². The van der Waals surface area contributed by atoms with Crippen LogP contribution in [0.5, 0.6) is 0 Å². The normalized spacial score (nSPS) is 10.4. The minimum Gasteiger partial charge on any atom is -0.475 e. The molecule has 0 spiro atoms. The highest BCUT2D eigenvalue weighted by molar-refractivity contribution is 5.83. The van der Waals surface area contributed by atoms with Gasteiger partial charge in [-0.15, -0.1) is 0 Å². The molecule has 0 fully saturated rings. The molecule has 5 nitrogen and oxygen atoms in total. The van der Waals surface area contributed by atoms with Gasteiger partial charge in [0, 0.05) is 5.56 Å². The number of aromatic carboxylic acids is 1. The molecule has 2 aromatic rings. The summed E-state index contributed by atoms with van der Waals surface area (Å²) >= 11 is 0. The number of hydrogen-bond acceptors (Lipinski definition) is 4. The zero-order valence-corrected chi connectivity index (χ0v) is 8.89. The molecule has 0 saturated heterocycles. The van der Waals surface area contributed by atoms with Gasteiger partial charge in [0.1, 0.15) is 0 Å². The van der Waals surface area contributed by atoms with Crippen LogP contribution >= 0.6 is 0 Å². The standard InChI is InChI=1S/C11H10N2O3/c1-6-3-7(2)5-8(4-6)10-12-9(11(14)15)13-16-10/h3-5H,1-2H3,(H,14,15). The van der Waals surface area contributed by atoms with Crippen molar-refractivity contribution in [1.82, 2.24) is 10.1 Å². The van der Waals surface area contributed by atoms with Gasteiger partial charge in [-0.1, -0.05) is 17.2 Å². The van der Waals surface area contributed by atoms with Crippen molar-refractivity contribution in [3.05, 3.63) is 35.2 Å². The van der Waals surface area contributed by atoms with Crippen molar-refractivity contribution < 1.29 is 14.4 Å². The van der Waals surface area contributed by atoms with Gasteiger partial charge in [-0.3, -0.25) is 0 Å². The maximum absolute atomic E-state index is 10.6. The molecule has 2 rings (SSSR count). The Bertz CT molecular complexity index is 526. The Morgan fingerprint density at radius 2 is 1.88 bits per heavy atom. The molecule has 1 aromatic carbocycles. The van der Waals surface area contributed by atoms with E-state index in [1.807, 2.05) is 32.0 Å². The number of carboxylic acid groups (broad SMARTS) is 1. The van der Waals surface area contributed by atoms with Crippen LogP contribution in [0, 0.1) is 13.8 Å². The third-order valence-electron chi connectivity index (χ3n) is 2.09. The second-order valence-electron chi connectivity index (χ2n) is 3.60. The molecule has 1 N–H and O–H groups in total. The first kappa shape index (κ1) is 10.4. The van der Waals surface area contributed by atoms with Gasteiger partial charge < -0.3 is 9.63 Å². The van der Waals surface area contributed by atoms with Gasteiger partial charge in [0.25, 0.3) is 11.7 Å². The maximum atomic E-state index is 10.6. The summed E-state index contributed by atoms with van der Waals surface area (Å²) in [5.41, 5.74) is 2.85. The zero-order valence-electron chi connectivity index (χ0n) is 8.89. The predicted molar refractivity (Wildman–Crippen MR) is 56.2 cm³/mol. The SMILES string of the molecule is Cc1cc(C)cc(-c2nc(C(=O)O)no2)c1. The lowest BCUT2D eigenvalue weighted by molar-refractivity contribution is 0.0680. The third-order valence-corrected chi connectivity index (χ3v) is 2.09. The zero-order chi connectivity index (χ0) is 11.7. The maximum Gasteiger partial charge on any atom is 0.377 e. The molecule has 0 amide bonds. The van der Waals surface area contributed by atoms with Crippen LogP contribution in [-0.4, -0.2) is 21.2 Å². The fourth-order valence-electron chi connectivity index (χ4n) is 1.53. The molecular formula is C11H10N2O3. The van der Waals surface area contributed by atoms with Crippen molar-refractivity contribution in [2.75, 3.05) is 0 Å². The first-order valence-electron chi connectivity index (χ1n) is 4.72. The van der Waals surface area contributed by atoms with E-state index < -0.39 is 5.97 Å². The average Bonchev–Trinajstić information content (AvgIpc) is 2.64. The first-order chi connectivity index (χ1) is 7.56. The highest BCUT2D eigenvalue weighted by atomic mass is 16.5. The Labute approximate surface area is 91.7 Å². The molecule has 16 heavy (non-hydrogen) atoms. The summed E-state index contributed by atoms with van der Waals surface area (Å²) in [6, 6.07) is 5.75. The smallest absolute Gasteiger partial charge is 0.377 e. The molecule has 0 atom stereocenters. The van der Waals surface area contributed by atoms with E-state index in [0.717, 1.165) is 16.7 Å². The van der Waals surface area contributed by atoms with Gasteiger partial charge in [0.05, 0.1) is 0 Å². The van der Waals surface area contributed by atoms with Gasteiger partial charge in [0.2, 0.25) is 0 Å². The van der Waals surface area contributed by atoms with Gasteiger partial charge >= 0.3 is 5.97 Å². The van der Waals surface area contributed by atoms with E-state index in [0.29, 0.717) is 0 Å². The summed E-state index contributed by atoms with van der Waals surface area (Å²) in [5.74, 6) is -1.29. The highest BCUT2D eigenvalue weighted by Crippen LogP contribution is 2.20. The molecule has 82 valence electrons. The van der Waals surface area contributed by atoms with Gasteiger partial charge in [-0.25, -0.2) is 4.79 Å². The topological polar surface area (TPSA) is 76.2 Å². The Morgan fingerprint density at radius 3 is 2.38 bits per heavy atom. The van der Waals surface area contributed by atoms with E-state index in [1.165, 1.54) is 0 Å². The molecule has 1 heterocycles. The molecule has 0 radical (unpaired) electrons. The molecule has 0 aliphatic heterocycles. The molecule has 0 aliphatic carbocycles. The van der Waals surface area contributed by atoms with Crippen LogP contribution in [-0.2, 0) is 0 Å². The van der Waals surface area contributed by atoms with Crippen LogP contribution in [0.3, 0.4) is 0 Å². The largest absolute Gasteiger partial charge is 0.475 e. The number of nitrogens with zero attached hydrogens (tertiary/aromatic N) is 2. The van der Waals surface area contributed by atoms with Crippen LogP contribution in [0.15, 0.2) is 22.7 Å². The van der Waals surface area contributed by atoms with E-state index in [2.05, 4.69) is 10.1 Å². The van der Waals surface area contributed by atoms with Crippen molar-refractivity contribution in [2.24, 2.45) is 0 Å². The molecule has 0 unspecified atom stereocenters. The van der Waals surface area contributed by atoms with Crippen LogP contribution in [0.4, 0.5) is 0 Å². The lowest BCUT2D eigenvalue weighted by Gasteiger charge is -1.99. The Kier molecular flexibility index (Phi) is 2.44. The minimum absolute atomic E-state index is 0.226. The molecular weight excluding hydrogens is 208 g/mol. The fraction of sp³-hybridized carbons (Fsp3) is 0.182. The number of hydrogen-bond donors (Lipinski definition) is 1. The number of benzene rings is 1.